The lowest BCUT2D eigenvalue weighted by Gasteiger charge is -2.12. The standard InChI is InChI=1S/C24H23BrN4O2/c1-14(2)23-27-22-10-5-18(25)12-21(22)24(31)29(23)26-13-17-11-15(3)28(16(17)4)19-6-8-20(30)9-7-19/h5-14,30H,1-4H3. The van der Waals surface area contributed by atoms with Gasteiger partial charge in [-0.3, -0.25) is 4.79 Å². The van der Waals surface area contributed by atoms with E-state index in [1.165, 1.54) is 4.68 Å². The van der Waals surface area contributed by atoms with Crippen molar-refractivity contribution < 1.29 is 5.11 Å². The van der Waals surface area contributed by atoms with Crippen molar-refractivity contribution in [3.8, 4) is 11.4 Å². The number of aromatic nitrogens is 3. The Labute approximate surface area is 188 Å². The molecule has 6 nitrogen and oxygen atoms in total. The molecule has 0 saturated carbocycles. The summed E-state index contributed by atoms with van der Waals surface area (Å²) in [4.78, 5) is 17.9. The van der Waals surface area contributed by atoms with E-state index >= 15 is 0 Å². The summed E-state index contributed by atoms with van der Waals surface area (Å²) in [6.07, 6.45) is 1.71. The average Bonchev–Trinajstić information content (AvgIpc) is 3.01. The molecule has 0 saturated heterocycles. The van der Waals surface area contributed by atoms with Gasteiger partial charge in [-0.2, -0.15) is 9.78 Å². The fraction of sp³-hybridized carbons (Fsp3) is 0.208. The van der Waals surface area contributed by atoms with Gasteiger partial charge in [0.1, 0.15) is 11.6 Å². The molecule has 2 aromatic heterocycles. The maximum absolute atomic E-state index is 13.2. The van der Waals surface area contributed by atoms with E-state index in [1.54, 1.807) is 24.4 Å². The average molecular weight is 479 g/mol. The summed E-state index contributed by atoms with van der Waals surface area (Å²) >= 11 is 3.43. The van der Waals surface area contributed by atoms with Crippen molar-refractivity contribution in [1.82, 2.24) is 14.2 Å². The van der Waals surface area contributed by atoms with E-state index in [1.807, 2.05) is 58.0 Å². The first-order chi connectivity index (χ1) is 14.8. The zero-order valence-electron chi connectivity index (χ0n) is 17.8. The third-order valence-corrected chi connectivity index (χ3v) is 5.73. The van der Waals surface area contributed by atoms with Crippen molar-refractivity contribution in [2.24, 2.45) is 5.10 Å². The number of hydrogen-bond donors (Lipinski definition) is 1. The fourth-order valence-corrected chi connectivity index (χ4v) is 4.05. The number of aromatic hydroxyl groups is 1. The summed E-state index contributed by atoms with van der Waals surface area (Å²) in [5, 5.41) is 14.6. The smallest absolute Gasteiger partial charge is 0.282 e. The summed E-state index contributed by atoms with van der Waals surface area (Å²) in [6.45, 7) is 8.01. The molecule has 0 atom stereocenters. The summed E-state index contributed by atoms with van der Waals surface area (Å²) in [6, 6.07) is 14.6. The quantitative estimate of drug-likeness (QED) is 0.405. The topological polar surface area (TPSA) is 72.4 Å². The van der Waals surface area contributed by atoms with Crippen LogP contribution in [0.3, 0.4) is 0 Å². The predicted molar refractivity (Wildman–Crippen MR) is 128 cm³/mol. The molecule has 0 fully saturated rings. The van der Waals surface area contributed by atoms with E-state index in [9.17, 15) is 9.90 Å². The molecule has 4 aromatic rings. The lowest BCUT2D eigenvalue weighted by molar-refractivity contribution is 0.475. The summed E-state index contributed by atoms with van der Waals surface area (Å²) < 4.78 is 4.30. The van der Waals surface area contributed by atoms with Crippen LogP contribution < -0.4 is 5.56 Å². The molecule has 1 N–H and O–H groups in total. The van der Waals surface area contributed by atoms with Crippen molar-refractivity contribution in [2.75, 3.05) is 0 Å². The van der Waals surface area contributed by atoms with Gasteiger partial charge < -0.3 is 9.67 Å². The number of nitrogens with zero attached hydrogens (tertiary/aromatic N) is 4. The number of phenols is 1. The van der Waals surface area contributed by atoms with Crippen LogP contribution in [0.5, 0.6) is 5.75 Å². The Morgan fingerprint density at radius 3 is 2.48 bits per heavy atom. The molecule has 0 amide bonds. The van der Waals surface area contributed by atoms with Gasteiger partial charge in [0.15, 0.2) is 0 Å². The molecule has 31 heavy (non-hydrogen) atoms. The highest BCUT2D eigenvalue weighted by Crippen LogP contribution is 2.22. The van der Waals surface area contributed by atoms with Crippen LogP contribution in [-0.4, -0.2) is 25.5 Å². The van der Waals surface area contributed by atoms with E-state index in [-0.39, 0.29) is 17.2 Å². The zero-order valence-corrected chi connectivity index (χ0v) is 19.4. The van der Waals surface area contributed by atoms with Crippen molar-refractivity contribution in [3.05, 3.63) is 86.1 Å². The monoisotopic (exact) mass is 478 g/mol. The number of benzene rings is 2. The number of phenolic OH excluding ortho intramolecular Hbond substituents is 1. The molecule has 0 aliphatic heterocycles. The van der Waals surface area contributed by atoms with Gasteiger partial charge in [0.05, 0.1) is 17.1 Å². The highest BCUT2D eigenvalue weighted by Gasteiger charge is 2.15. The predicted octanol–water partition coefficient (Wildman–Crippen LogP) is 5.28. The van der Waals surface area contributed by atoms with Gasteiger partial charge >= 0.3 is 0 Å². The molecule has 158 valence electrons. The van der Waals surface area contributed by atoms with Crippen LogP contribution in [0.4, 0.5) is 0 Å². The Kier molecular flexibility index (Phi) is 5.54. The number of rotatable bonds is 4. The first-order valence-corrected chi connectivity index (χ1v) is 10.8. The second kappa shape index (κ2) is 8.15. The first-order valence-electron chi connectivity index (χ1n) is 10.0. The minimum absolute atomic E-state index is 0.0299. The number of aryl methyl sites for hydroxylation is 1. The number of halogens is 1. The Balaban J connectivity index is 1.83. The third kappa shape index (κ3) is 3.93. The van der Waals surface area contributed by atoms with Crippen LogP contribution in [0.1, 0.15) is 42.5 Å². The lowest BCUT2D eigenvalue weighted by atomic mass is 10.2. The highest BCUT2D eigenvalue weighted by molar-refractivity contribution is 9.10. The molecular formula is C24H23BrN4O2. The van der Waals surface area contributed by atoms with Gasteiger partial charge in [-0.1, -0.05) is 29.8 Å². The Hall–Kier alpha value is -3.19. The Morgan fingerprint density at radius 1 is 1.10 bits per heavy atom. The fourth-order valence-electron chi connectivity index (χ4n) is 3.69. The molecule has 7 heteroatoms. The van der Waals surface area contributed by atoms with E-state index in [2.05, 4.69) is 30.6 Å². The van der Waals surface area contributed by atoms with Gasteiger partial charge in [0.2, 0.25) is 0 Å². The van der Waals surface area contributed by atoms with Crippen molar-refractivity contribution in [2.45, 2.75) is 33.6 Å². The van der Waals surface area contributed by atoms with Crippen LogP contribution in [0, 0.1) is 13.8 Å². The number of fused-ring (bicyclic) bond motifs is 1. The van der Waals surface area contributed by atoms with Crippen molar-refractivity contribution in [3.63, 3.8) is 0 Å². The van der Waals surface area contributed by atoms with Gasteiger partial charge in [-0.05, 0) is 62.4 Å². The maximum atomic E-state index is 13.2. The second-order valence-electron chi connectivity index (χ2n) is 7.83. The molecule has 0 spiro atoms. The van der Waals surface area contributed by atoms with Gasteiger partial charge in [-0.25, -0.2) is 4.98 Å². The lowest BCUT2D eigenvalue weighted by Crippen LogP contribution is -2.23. The largest absolute Gasteiger partial charge is 0.508 e. The minimum atomic E-state index is -0.196. The minimum Gasteiger partial charge on any atom is -0.508 e. The first kappa shape index (κ1) is 21.1. The summed E-state index contributed by atoms with van der Waals surface area (Å²) in [5.41, 5.74) is 4.34. The van der Waals surface area contributed by atoms with Gasteiger partial charge in [0.25, 0.3) is 5.56 Å². The zero-order chi connectivity index (χ0) is 22.3. The normalized spacial score (nSPS) is 11.8. The Bertz CT molecular complexity index is 1370. The highest BCUT2D eigenvalue weighted by atomic mass is 79.9. The molecule has 0 bridgehead atoms. The van der Waals surface area contributed by atoms with Crippen LogP contribution in [-0.2, 0) is 0 Å². The van der Waals surface area contributed by atoms with Crippen LogP contribution in [0.2, 0.25) is 0 Å². The summed E-state index contributed by atoms with van der Waals surface area (Å²) in [7, 11) is 0. The van der Waals surface area contributed by atoms with Crippen LogP contribution in [0.15, 0.2) is 62.9 Å². The van der Waals surface area contributed by atoms with E-state index in [0.29, 0.717) is 16.7 Å². The van der Waals surface area contributed by atoms with E-state index in [0.717, 1.165) is 27.1 Å². The molecule has 2 heterocycles. The van der Waals surface area contributed by atoms with Gasteiger partial charge in [0, 0.05) is 33.0 Å². The third-order valence-electron chi connectivity index (χ3n) is 5.24. The summed E-state index contributed by atoms with van der Waals surface area (Å²) in [5.74, 6) is 0.870. The maximum Gasteiger partial charge on any atom is 0.282 e. The molecule has 2 aromatic carbocycles. The molecular weight excluding hydrogens is 456 g/mol. The molecule has 0 radical (unpaired) electrons. The molecule has 0 aliphatic rings. The van der Waals surface area contributed by atoms with Crippen LogP contribution in [0.25, 0.3) is 16.6 Å². The van der Waals surface area contributed by atoms with Crippen molar-refractivity contribution in [1.29, 1.82) is 0 Å². The Morgan fingerprint density at radius 2 is 1.81 bits per heavy atom. The van der Waals surface area contributed by atoms with E-state index < -0.39 is 0 Å². The number of hydrogen-bond acceptors (Lipinski definition) is 4. The SMILES string of the molecule is Cc1cc(C=Nn2c(C(C)C)nc3ccc(Br)cc3c2=O)c(C)n1-c1ccc(O)cc1. The molecule has 0 unspecified atom stereocenters. The van der Waals surface area contributed by atoms with E-state index in [4.69, 9.17) is 0 Å². The second-order valence-corrected chi connectivity index (χ2v) is 8.74. The molecule has 4 rings (SSSR count). The van der Waals surface area contributed by atoms with Gasteiger partial charge in [-0.15, -0.1) is 0 Å². The molecule has 0 aliphatic carbocycles. The van der Waals surface area contributed by atoms with Crippen LogP contribution >= 0.6 is 15.9 Å². The van der Waals surface area contributed by atoms with Crippen molar-refractivity contribution >= 4 is 33.0 Å².